The van der Waals surface area contributed by atoms with Gasteiger partial charge in [0.1, 0.15) is 0 Å². The molecule has 0 aromatic heterocycles. The van der Waals surface area contributed by atoms with Gasteiger partial charge in [-0.3, -0.25) is 4.79 Å². The summed E-state index contributed by atoms with van der Waals surface area (Å²) in [6.07, 6.45) is 7.52. The number of hydrogen-bond donors (Lipinski definition) is 2. The number of nitrogens with two attached hydrogens (primary N) is 1. The molecule has 3 heteroatoms. The molecule has 0 heterocycles. The van der Waals surface area contributed by atoms with E-state index in [1.54, 1.807) is 0 Å². The van der Waals surface area contributed by atoms with E-state index >= 15 is 0 Å². The van der Waals surface area contributed by atoms with E-state index in [4.69, 9.17) is 5.73 Å². The summed E-state index contributed by atoms with van der Waals surface area (Å²) in [5.74, 6) is 1.29. The Morgan fingerprint density at radius 1 is 1.22 bits per heavy atom. The Bertz CT molecular complexity index is 253. The minimum absolute atomic E-state index is 0.189. The molecule has 0 bridgehead atoms. The molecular formula is C15H30N2O. The zero-order chi connectivity index (χ0) is 13.5. The lowest BCUT2D eigenvalue weighted by molar-refractivity contribution is -0.123. The Morgan fingerprint density at radius 3 is 2.50 bits per heavy atom. The lowest BCUT2D eigenvalue weighted by Crippen LogP contribution is -2.39. The highest BCUT2D eigenvalue weighted by molar-refractivity contribution is 5.76. The van der Waals surface area contributed by atoms with Crippen molar-refractivity contribution in [1.29, 1.82) is 0 Å². The van der Waals surface area contributed by atoms with E-state index in [0.29, 0.717) is 24.3 Å². The smallest absolute Gasteiger partial charge is 0.220 e. The van der Waals surface area contributed by atoms with Gasteiger partial charge in [-0.2, -0.15) is 0 Å². The van der Waals surface area contributed by atoms with E-state index in [1.165, 1.54) is 19.3 Å². The summed E-state index contributed by atoms with van der Waals surface area (Å²) in [5.41, 5.74) is 6.08. The SMILES string of the molecule is CC(C)CCC(C)NC(=O)CC1CCCCC1N. The van der Waals surface area contributed by atoms with Gasteiger partial charge in [0.15, 0.2) is 0 Å². The maximum atomic E-state index is 11.9. The van der Waals surface area contributed by atoms with Crippen molar-refractivity contribution in [3.63, 3.8) is 0 Å². The van der Waals surface area contributed by atoms with Gasteiger partial charge in [0.05, 0.1) is 0 Å². The van der Waals surface area contributed by atoms with Crippen molar-refractivity contribution in [1.82, 2.24) is 5.32 Å². The van der Waals surface area contributed by atoms with Crippen molar-refractivity contribution >= 4 is 5.91 Å². The number of hydrogen-bond acceptors (Lipinski definition) is 2. The molecule has 0 aromatic rings. The molecule has 1 aliphatic carbocycles. The van der Waals surface area contributed by atoms with Gasteiger partial charge in [-0.05, 0) is 44.4 Å². The standard InChI is InChI=1S/C15H30N2O/c1-11(2)8-9-12(3)17-15(18)10-13-6-4-5-7-14(13)16/h11-14H,4-10,16H2,1-3H3,(H,17,18). The Morgan fingerprint density at radius 2 is 1.89 bits per heavy atom. The van der Waals surface area contributed by atoms with Crippen molar-refractivity contribution in [2.45, 2.75) is 77.8 Å². The Hall–Kier alpha value is -0.570. The lowest BCUT2D eigenvalue weighted by Gasteiger charge is -2.28. The van der Waals surface area contributed by atoms with Crippen LogP contribution in [0.25, 0.3) is 0 Å². The van der Waals surface area contributed by atoms with Crippen molar-refractivity contribution in [2.75, 3.05) is 0 Å². The molecule has 1 amide bonds. The monoisotopic (exact) mass is 254 g/mol. The second kappa shape index (κ2) is 7.78. The normalized spacial score (nSPS) is 26.1. The predicted octanol–water partition coefficient (Wildman–Crippen LogP) is 2.83. The van der Waals surface area contributed by atoms with Crippen molar-refractivity contribution in [3.8, 4) is 0 Å². The molecule has 1 fully saturated rings. The van der Waals surface area contributed by atoms with Crippen LogP contribution in [0.3, 0.4) is 0 Å². The molecule has 3 atom stereocenters. The van der Waals surface area contributed by atoms with Crippen molar-refractivity contribution in [2.24, 2.45) is 17.6 Å². The third-order valence-corrected chi connectivity index (χ3v) is 4.00. The molecule has 0 spiro atoms. The second-order valence-corrected chi connectivity index (χ2v) is 6.35. The van der Waals surface area contributed by atoms with Crippen LogP contribution in [0.4, 0.5) is 0 Å². The summed E-state index contributed by atoms with van der Waals surface area (Å²) in [4.78, 5) is 11.9. The van der Waals surface area contributed by atoms with E-state index in [1.807, 2.05) is 0 Å². The van der Waals surface area contributed by atoms with Crippen LogP contribution in [0.15, 0.2) is 0 Å². The van der Waals surface area contributed by atoms with Crippen LogP contribution in [0.5, 0.6) is 0 Å². The average molecular weight is 254 g/mol. The number of rotatable bonds is 6. The van der Waals surface area contributed by atoms with Gasteiger partial charge in [-0.25, -0.2) is 0 Å². The van der Waals surface area contributed by atoms with Gasteiger partial charge in [0, 0.05) is 18.5 Å². The Kier molecular flexibility index (Phi) is 6.69. The number of nitrogens with one attached hydrogen (secondary N) is 1. The van der Waals surface area contributed by atoms with Crippen LogP contribution < -0.4 is 11.1 Å². The molecule has 0 aliphatic heterocycles. The average Bonchev–Trinajstić information content (AvgIpc) is 2.29. The fraction of sp³-hybridized carbons (Fsp3) is 0.933. The van der Waals surface area contributed by atoms with Crippen LogP contribution >= 0.6 is 0 Å². The first-order chi connectivity index (χ1) is 8.49. The summed E-state index contributed by atoms with van der Waals surface area (Å²) >= 11 is 0. The summed E-state index contributed by atoms with van der Waals surface area (Å²) in [6.45, 7) is 6.53. The van der Waals surface area contributed by atoms with Crippen LogP contribution in [-0.2, 0) is 4.79 Å². The van der Waals surface area contributed by atoms with E-state index in [-0.39, 0.29) is 11.9 Å². The highest BCUT2D eigenvalue weighted by Crippen LogP contribution is 2.25. The number of carbonyl (C=O) groups is 1. The van der Waals surface area contributed by atoms with E-state index < -0.39 is 0 Å². The maximum absolute atomic E-state index is 11.9. The van der Waals surface area contributed by atoms with Crippen LogP contribution in [0.2, 0.25) is 0 Å². The van der Waals surface area contributed by atoms with E-state index in [0.717, 1.165) is 19.3 Å². The molecular weight excluding hydrogens is 224 g/mol. The van der Waals surface area contributed by atoms with Gasteiger partial charge < -0.3 is 11.1 Å². The first-order valence-electron chi connectivity index (χ1n) is 7.54. The van der Waals surface area contributed by atoms with Crippen LogP contribution in [0.1, 0.15) is 65.7 Å². The fourth-order valence-corrected chi connectivity index (χ4v) is 2.72. The molecule has 1 saturated carbocycles. The van der Waals surface area contributed by atoms with Gasteiger partial charge in [0.2, 0.25) is 5.91 Å². The quantitative estimate of drug-likeness (QED) is 0.766. The summed E-state index contributed by atoms with van der Waals surface area (Å²) in [5, 5.41) is 3.11. The van der Waals surface area contributed by atoms with Crippen molar-refractivity contribution in [3.05, 3.63) is 0 Å². The first kappa shape index (κ1) is 15.5. The van der Waals surface area contributed by atoms with Gasteiger partial charge >= 0.3 is 0 Å². The van der Waals surface area contributed by atoms with Gasteiger partial charge in [-0.1, -0.05) is 26.7 Å². The van der Waals surface area contributed by atoms with Crippen LogP contribution in [0, 0.1) is 11.8 Å². The Balaban J connectivity index is 2.23. The minimum atomic E-state index is 0.189. The summed E-state index contributed by atoms with van der Waals surface area (Å²) in [7, 11) is 0. The maximum Gasteiger partial charge on any atom is 0.220 e. The van der Waals surface area contributed by atoms with E-state index in [2.05, 4.69) is 26.1 Å². The molecule has 18 heavy (non-hydrogen) atoms. The summed E-state index contributed by atoms with van der Waals surface area (Å²) < 4.78 is 0. The molecule has 0 radical (unpaired) electrons. The minimum Gasteiger partial charge on any atom is -0.354 e. The van der Waals surface area contributed by atoms with Gasteiger partial charge in [-0.15, -0.1) is 0 Å². The Labute approximate surface area is 112 Å². The highest BCUT2D eigenvalue weighted by Gasteiger charge is 2.24. The summed E-state index contributed by atoms with van der Waals surface area (Å²) in [6, 6.07) is 0.523. The molecule has 1 rings (SSSR count). The third-order valence-electron chi connectivity index (χ3n) is 4.00. The largest absolute Gasteiger partial charge is 0.354 e. The highest BCUT2D eigenvalue weighted by atomic mass is 16.1. The zero-order valence-electron chi connectivity index (χ0n) is 12.2. The molecule has 3 nitrogen and oxygen atoms in total. The molecule has 0 saturated heterocycles. The molecule has 0 aromatic carbocycles. The second-order valence-electron chi connectivity index (χ2n) is 6.35. The lowest BCUT2D eigenvalue weighted by atomic mass is 9.83. The molecule has 3 unspecified atom stereocenters. The van der Waals surface area contributed by atoms with Crippen LogP contribution in [-0.4, -0.2) is 18.0 Å². The third kappa shape index (κ3) is 5.85. The topological polar surface area (TPSA) is 55.1 Å². The zero-order valence-corrected chi connectivity index (χ0v) is 12.2. The number of carbonyl (C=O) groups excluding carboxylic acids is 1. The van der Waals surface area contributed by atoms with E-state index in [9.17, 15) is 4.79 Å². The fourth-order valence-electron chi connectivity index (χ4n) is 2.72. The predicted molar refractivity (Wildman–Crippen MR) is 76.2 cm³/mol. The van der Waals surface area contributed by atoms with Crippen molar-refractivity contribution < 1.29 is 4.79 Å². The molecule has 3 N–H and O–H groups in total. The first-order valence-corrected chi connectivity index (χ1v) is 7.54. The van der Waals surface area contributed by atoms with Gasteiger partial charge in [0.25, 0.3) is 0 Å². The number of amides is 1. The molecule has 1 aliphatic rings. The molecule has 106 valence electrons.